The first-order valence-electron chi connectivity index (χ1n) is 9.36. The number of furan rings is 1. The number of benzene rings is 1. The summed E-state index contributed by atoms with van der Waals surface area (Å²) in [5.41, 5.74) is 1.51. The highest BCUT2D eigenvalue weighted by Crippen LogP contribution is 2.34. The van der Waals surface area contributed by atoms with E-state index in [2.05, 4.69) is 20.9 Å². The van der Waals surface area contributed by atoms with Crippen LogP contribution in [0.15, 0.2) is 50.9 Å². The monoisotopic (exact) mass is 490 g/mol. The van der Waals surface area contributed by atoms with Gasteiger partial charge in [-0.3, -0.25) is 4.79 Å². The fraction of sp³-hybridized carbons (Fsp3) is 0.286. The lowest BCUT2D eigenvalue weighted by Crippen LogP contribution is -2.41. The molecule has 0 radical (unpaired) electrons. The smallest absolute Gasteiger partial charge is 0.329 e. The number of nitrogens with zero attached hydrogens (tertiary/aromatic N) is 2. The van der Waals surface area contributed by atoms with Crippen LogP contribution in [0.2, 0.25) is 0 Å². The van der Waals surface area contributed by atoms with E-state index in [1.54, 1.807) is 19.2 Å². The Balaban J connectivity index is 1.41. The second kappa shape index (κ2) is 9.01. The van der Waals surface area contributed by atoms with Gasteiger partial charge < -0.3 is 18.8 Å². The summed E-state index contributed by atoms with van der Waals surface area (Å²) in [6.45, 7) is 0.549. The van der Waals surface area contributed by atoms with Gasteiger partial charge in [0.05, 0.1) is 24.6 Å². The molecule has 1 atom stereocenters. The summed E-state index contributed by atoms with van der Waals surface area (Å²) in [6.07, 6.45) is 2.76. The molecule has 1 fully saturated rings. The molecule has 1 aromatic carbocycles. The molecule has 0 aliphatic carbocycles. The molecule has 0 saturated carbocycles. The van der Waals surface area contributed by atoms with Crippen LogP contribution in [-0.2, 0) is 16.1 Å². The first-order chi connectivity index (χ1) is 14.6. The topological polar surface area (TPSA) is 81.9 Å². The standard InChI is InChI=1S/C21H19BrN2O5S/c1-27-17-7-6-13(22)10-15(17)19-23-14(12-30-19)11-29-21(26)16-4-2-8-24(16)20(25)18-5-3-9-28-18/h3,5-7,9-10,12,16H,2,4,8,11H2,1H3. The van der Waals surface area contributed by atoms with Crippen molar-refractivity contribution in [3.8, 4) is 16.3 Å². The van der Waals surface area contributed by atoms with Gasteiger partial charge in [-0.05, 0) is 43.2 Å². The number of aromatic nitrogens is 1. The van der Waals surface area contributed by atoms with E-state index in [1.165, 1.54) is 22.5 Å². The summed E-state index contributed by atoms with van der Waals surface area (Å²) >= 11 is 4.91. The average Bonchev–Trinajstić information content (AvgIpc) is 3.53. The van der Waals surface area contributed by atoms with Crippen molar-refractivity contribution >= 4 is 39.1 Å². The molecule has 9 heteroatoms. The van der Waals surface area contributed by atoms with Crippen LogP contribution in [0.5, 0.6) is 5.75 Å². The molecule has 1 unspecified atom stereocenters. The highest BCUT2D eigenvalue weighted by molar-refractivity contribution is 9.10. The van der Waals surface area contributed by atoms with E-state index < -0.39 is 12.0 Å². The minimum absolute atomic E-state index is 0.0466. The van der Waals surface area contributed by atoms with Gasteiger partial charge in [0.15, 0.2) is 5.76 Å². The molecule has 1 amide bonds. The Bertz CT molecular complexity index is 1050. The minimum atomic E-state index is -0.606. The quantitative estimate of drug-likeness (QED) is 0.472. The summed E-state index contributed by atoms with van der Waals surface area (Å²) < 4.78 is 17.0. The van der Waals surface area contributed by atoms with Gasteiger partial charge in [-0.1, -0.05) is 15.9 Å². The zero-order valence-corrected chi connectivity index (χ0v) is 18.6. The molecular formula is C21H19BrN2O5S. The van der Waals surface area contributed by atoms with E-state index in [0.717, 1.165) is 21.5 Å². The molecule has 0 spiro atoms. The highest BCUT2D eigenvalue weighted by atomic mass is 79.9. The number of esters is 1. The van der Waals surface area contributed by atoms with Crippen molar-refractivity contribution in [2.24, 2.45) is 0 Å². The lowest BCUT2D eigenvalue weighted by molar-refractivity contribution is -0.149. The van der Waals surface area contributed by atoms with Gasteiger partial charge in [0.2, 0.25) is 0 Å². The van der Waals surface area contributed by atoms with Gasteiger partial charge in [-0.2, -0.15) is 0 Å². The summed E-state index contributed by atoms with van der Waals surface area (Å²) in [6, 6.07) is 8.34. The molecule has 1 aliphatic heterocycles. The van der Waals surface area contributed by atoms with E-state index in [0.29, 0.717) is 24.4 Å². The van der Waals surface area contributed by atoms with Gasteiger partial charge in [0, 0.05) is 16.4 Å². The summed E-state index contributed by atoms with van der Waals surface area (Å²) in [4.78, 5) is 31.3. The third-order valence-electron chi connectivity index (χ3n) is 4.82. The first kappa shape index (κ1) is 20.6. The maximum absolute atomic E-state index is 12.6. The zero-order chi connectivity index (χ0) is 21.1. The van der Waals surface area contributed by atoms with Crippen LogP contribution in [0.3, 0.4) is 0 Å². The predicted octanol–water partition coefficient (Wildman–Crippen LogP) is 4.52. The van der Waals surface area contributed by atoms with Crippen LogP contribution in [0, 0.1) is 0 Å². The lowest BCUT2D eigenvalue weighted by atomic mass is 10.2. The number of ether oxygens (including phenoxy) is 2. The van der Waals surface area contributed by atoms with E-state index in [-0.39, 0.29) is 18.3 Å². The Kier molecular flexibility index (Phi) is 6.19. The van der Waals surface area contributed by atoms with Crippen LogP contribution < -0.4 is 4.74 Å². The molecule has 7 nitrogen and oxygen atoms in total. The number of likely N-dealkylation sites (tertiary alicyclic amines) is 1. The van der Waals surface area contributed by atoms with E-state index >= 15 is 0 Å². The van der Waals surface area contributed by atoms with Crippen LogP contribution >= 0.6 is 27.3 Å². The number of carbonyl (C=O) groups is 2. The Morgan fingerprint density at radius 3 is 3.00 bits per heavy atom. The lowest BCUT2D eigenvalue weighted by Gasteiger charge is -2.22. The molecule has 4 rings (SSSR count). The van der Waals surface area contributed by atoms with Crippen LogP contribution in [0.4, 0.5) is 0 Å². The zero-order valence-electron chi connectivity index (χ0n) is 16.2. The predicted molar refractivity (Wildman–Crippen MR) is 114 cm³/mol. The normalized spacial score (nSPS) is 15.9. The Labute approximate surface area is 185 Å². The average molecular weight is 491 g/mol. The molecule has 3 heterocycles. The van der Waals surface area contributed by atoms with Gasteiger partial charge in [-0.25, -0.2) is 9.78 Å². The molecular weight excluding hydrogens is 472 g/mol. The molecule has 3 aromatic rings. The molecule has 2 aromatic heterocycles. The second-order valence-corrected chi connectivity index (χ2v) is 8.50. The SMILES string of the molecule is COc1ccc(Br)cc1-c1nc(COC(=O)C2CCCN2C(=O)c2ccco2)cs1. The number of rotatable bonds is 6. The molecule has 1 aliphatic rings. The third kappa shape index (κ3) is 4.27. The van der Waals surface area contributed by atoms with Crippen molar-refractivity contribution in [3.05, 3.63) is 57.9 Å². The Morgan fingerprint density at radius 1 is 1.37 bits per heavy atom. The molecule has 0 N–H and O–H groups in total. The maximum Gasteiger partial charge on any atom is 0.329 e. The number of amides is 1. The van der Waals surface area contributed by atoms with Crippen molar-refractivity contribution in [2.75, 3.05) is 13.7 Å². The van der Waals surface area contributed by atoms with Gasteiger partial charge in [0.25, 0.3) is 5.91 Å². The van der Waals surface area contributed by atoms with E-state index in [4.69, 9.17) is 13.9 Å². The van der Waals surface area contributed by atoms with Crippen molar-refractivity contribution < 1.29 is 23.5 Å². The summed E-state index contributed by atoms with van der Waals surface area (Å²) in [5, 5.41) is 2.62. The highest BCUT2D eigenvalue weighted by Gasteiger charge is 2.36. The number of hydrogen-bond donors (Lipinski definition) is 0. The van der Waals surface area contributed by atoms with Crippen molar-refractivity contribution in [1.82, 2.24) is 9.88 Å². The molecule has 1 saturated heterocycles. The number of thiazole rings is 1. The summed E-state index contributed by atoms with van der Waals surface area (Å²) in [7, 11) is 1.61. The van der Waals surface area contributed by atoms with Crippen molar-refractivity contribution in [1.29, 1.82) is 0 Å². The first-order valence-corrected chi connectivity index (χ1v) is 11.0. The van der Waals surface area contributed by atoms with Crippen molar-refractivity contribution in [2.45, 2.75) is 25.5 Å². The van der Waals surface area contributed by atoms with Gasteiger partial charge in [0.1, 0.15) is 23.4 Å². The maximum atomic E-state index is 12.6. The van der Waals surface area contributed by atoms with Gasteiger partial charge >= 0.3 is 5.97 Å². The Hall–Kier alpha value is -2.65. The number of carbonyl (C=O) groups excluding carboxylic acids is 2. The minimum Gasteiger partial charge on any atom is -0.496 e. The molecule has 0 bridgehead atoms. The second-order valence-electron chi connectivity index (χ2n) is 6.73. The summed E-state index contributed by atoms with van der Waals surface area (Å²) in [5.74, 6) is 0.218. The number of hydrogen-bond acceptors (Lipinski definition) is 7. The third-order valence-corrected chi connectivity index (χ3v) is 6.24. The number of methoxy groups -OCH3 is 1. The van der Waals surface area contributed by atoms with Gasteiger partial charge in [-0.15, -0.1) is 11.3 Å². The Morgan fingerprint density at radius 2 is 2.23 bits per heavy atom. The largest absolute Gasteiger partial charge is 0.496 e. The molecule has 30 heavy (non-hydrogen) atoms. The van der Waals surface area contributed by atoms with Crippen LogP contribution in [-0.4, -0.2) is 41.5 Å². The van der Waals surface area contributed by atoms with E-state index in [9.17, 15) is 9.59 Å². The van der Waals surface area contributed by atoms with Crippen LogP contribution in [0.1, 0.15) is 29.1 Å². The fourth-order valence-electron chi connectivity index (χ4n) is 3.38. The van der Waals surface area contributed by atoms with Crippen LogP contribution in [0.25, 0.3) is 10.6 Å². The fourth-order valence-corrected chi connectivity index (χ4v) is 4.57. The molecule has 156 valence electrons. The number of halogens is 1. The van der Waals surface area contributed by atoms with E-state index in [1.807, 2.05) is 23.6 Å². The van der Waals surface area contributed by atoms with Crippen molar-refractivity contribution in [3.63, 3.8) is 0 Å².